The zero-order valence-electron chi connectivity index (χ0n) is 14.8. The van der Waals surface area contributed by atoms with Gasteiger partial charge in [0.15, 0.2) is 0 Å². The van der Waals surface area contributed by atoms with Crippen molar-refractivity contribution in [1.29, 1.82) is 0 Å². The summed E-state index contributed by atoms with van der Waals surface area (Å²) in [6, 6.07) is 7.28. The Labute approximate surface area is 143 Å². The van der Waals surface area contributed by atoms with Crippen LogP contribution < -0.4 is 10.6 Å². The fraction of sp³-hybridized carbons (Fsp3) is 0.556. The van der Waals surface area contributed by atoms with Crippen LogP contribution in [0.4, 0.5) is 10.5 Å². The lowest BCUT2D eigenvalue weighted by Crippen LogP contribution is -2.52. The fourth-order valence-corrected chi connectivity index (χ4v) is 2.89. The van der Waals surface area contributed by atoms with E-state index in [0.29, 0.717) is 13.1 Å². The summed E-state index contributed by atoms with van der Waals surface area (Å²) >= 11 is 0. The highest BCUT2D eigenvalue weighted by atomic mass is 16.5. The van der Waals surface area contributed by atoms with E-state index in [9.17, 15) is 9.59 Å². The highest BCUT2D eigenvalue weighted by molar-refractivity contribution is 5.88. The van der Waals surface area contributed by atoms with Crippen molar-refractivity contribution >= 4 is 17.6 Å². The van der Waals surface area contributed by atoms with Crippen LogP contribution in [-0.2, 0) is 9.53 Å². The van der Waals surface area contributed by atoms with E-state index in [2.05, 4.69) is 17.6 Å². The summed E-state index contributed by atoms with van der Waals surface area (Å²) in [6.07, 6.45) is 1.04. The SMILES string of the molecule is CCC1CN(C(=O)NC(C)c2cccc(NC(C)=O)c2)CC(C)O1. The minimum absolute atomic E-state index is 0.0489. The summed E-state index contributed by atoms with van der Waals surface area (Å²) in [5, 5.41) is 5.79. The Morgan fingerprint density at radius 2 is 2.12 bits per heavy atom. The number of urea groups is 1. The van der Waals surface area contributed by atoms with Gasteiger partial charge in [-0.25, -0.2) is 4.79 Å². The van der Waals surface area contributed by atoms with Crippen molar-refractivity contribution in [3.63, 3.8) is 0 Å². The lowest BCUT2D eigenvalue weighted by Gasteiger charge is -2.37. The Balaban J connectivity index is 1.99. The first-order valence-corrected chi connectivity index (χ1v) is 8.47. The maximum absolute atomic E-state index is 12.5. The van der Waals surface area contributed by atoms with Crippen LogP contribution in [0.5, 0.6) is 0 Å². The molecule has 0 bridgehead atoms. The van der Waals surface area contributed by atoms with Gasteiger partial charge in [-0.1, -0.05) is 19.1 Å². The molecular formula is C18H27N3O3. The number of nitrogens with one attached hydrogen (secondary N) is 2. The molecule has 6 nitrogen and oxygen atoms in total. The van der Waals surface area contributed by atoms with Crippen LogP contribution in [0.1, 0.15) is 45.7 Å². The van der Waals surface area contributed by atoms with Crippen molar-refractivity contribution in [3.05, 3.63) is 29.8 Å². The molecule has 132 valence electrons. The number of carbonyl (C=O) groups is 2. The second kappa shape index (κ2) is 8.15. The summed E-state index contributed by atoms with van der Waals surface area (Å²) in [4.78, 5) is 25.5. The van der Waals surface area contributed by atoms with E-state index in [4.69, 9.17) is 4.74 Å². The Morgan fingerprint density at radius 3 is 2.79 bits per heavy atom. The first kappa shape index (κ1) is 18.3. The van der Waals surface area contributed by atoms with Gasteiger partial charge in [-0.2, -0.15) is 0 Å². The zero-order valence-corrected chi connectivity index (χ0v) is 14.8. The maximum Gasteiger partial charge on any atom is 0.318 e. The fourth-order valence-electron chi connectivity index (χ4n) is 2.89. The van der Waals surface area contributed by atoms with Gasteiger partial charge in [-0.3, -0.25) is 4.79 Å². The van der Waals surface area contributed by atoms with Crippen LogP contribution in [0.15, 0.2) is 24.3 Å². The molecule has 2 N–H and O–H groups in total. The van der Waals surface area contributed by atoms with E-state index in [-0.39, 0.29) is 30.2 Å². The number of hydrogen-bond donors (Lipinski definition) is 2. The minimum Gasteiger partial charge on any atom is -0.372 e. The second-order valence-corrected chi connectivity index (χ2v) is 6.36. The molecule has 0 spiro atoms. The number of benzene rings is 1. The van der Waals surface area contributed by atoms with Crippen molar-refractivity contribution in [2.24, 2.45) is 0 Å². The Morgan fingerprint density at radius 1 is 1.38 bits per heavy atom. The molecule has 2 rings (SSSR count). The van der Waals surface area contributed by atoms with Crippen molar-refractivity contribution in [2.45, 2.75) is 52.4 Å². The molecule has 3 atom stereocenters. The summed E-state index contributed by atoms with van der Waals surface area (Å²) in [5.41, 5.74) is 1.68. The van der Waals surface area contributed by atoms with Crippen LogP contribution in [0.2, 0.25) is 0 Å². The summed E-state index contributed by atoms with van der Waals surface area (Å²) in [5.74, 6) is -0.114. The van der Waals surface area contributed by atoms with Gasteiger partial charge in [0, 0.05) is 25.7 Å². The first-order chi connectivity index (χ1) is 11.4. The average Bonchev–Trinajstić information content (AvgIpc) is 2.53. The van der Waals surface area contributed by atoms with E-state index in [1.165, 1.54) is 6.92 Å². The van der Waals surface area contributed by atoms with Gasteiger partial charge < -0.3 is 20.3 Å². The topological polar surface area (TPSA) is 70.7 Å². The molecular weight excluding hydrogens is 306 g/mol. The lowest BCUT2D eigenvalue weighted by atomic mass is 10.1. The van der Waals surface area contributed by atoms with Gasteiger partial charge in [0.05, 0.1) is 18.2 Å². The summed E-state index contributed by atoms with van der Waals surface area (Å²) < 4.78 is 5.80. The number of anilines is 1. The third-order valence-electron chi connectivity index (χ3n) is 4.12. The van der Waals surface area contributed by atoms with Crippen LogP contribution in [0.3, 0.4) is 0 Å². The van der Waals surface area contributed by atoms with E-state index >= 15 is 0 Å². The van der Waals surface area contributed by atoms with Gasteiger partial charge in [0.25, 0.3) is 0 Å². The number of rotatable bonds is 4. The molecule has 0 aliphatic carbocycles. The smallest absolute Gasteiger partial charge is 0.318 e. The number of hydrogen-bond acceptors (Lipinski definition) is 3. The molecule has 1 saturated heterocycles. The minimum atomic E-state index is -0.149. The number of amides is 3. The predicted molar refractivity (Wildman–Crippen MR) is 93.9 cm³/mol. The van der Waals surface area contributed by atoms with Crippen LogP contribution >= 0.6 is 0 Å². The van der Waals surface area contributed by atoms with E-state index in [1.807, 2.05) is 43.0 Å². The molecule has 1 aromatic carbocycles. The van der Waals surface area contributed by atoms with Crippen LogP contribution in [0, 0.1) is 0 Å². The largest absolute Gasteiger partial charge is 0.372 e. The van der Waals surface area contributed by atoms with Gasteiger partial charge >= 0.3 is 6.03 Å². The van der Waals surface area contributed by atoms with Crippen molar-refractivity contribution in [1.82, 2.24) is 10.2 Å². The van der Waals surface area contributed by atoms with Crippen molar-refractivity contribution < 1.29 is 14.3 Å². The van der Waals surface area contributed by atoms with E-state index < -0.39 is 0 Å². The molecule has 1 aliphatic heterocycles. The van der Waals surface area contributed by atoms with Gasteiger partial charge in [-0.05, 0) is 38.0 Å². The number of morpholine rings is 1. The maximum atomic E-state index is 12.5. The zero-order chi connectivity index (χ0) is 17.7. The molecule has 24 heavy (non-hydrogen) atoms. The molecule has 1 aliphatic rings. The average molecular weight is 333 g/mol. The number of nitrogens with zero attached hydrogens (tertiary/aromatic N) is 1. The van der Waals surface area contributed by atoms with E-state index in [1.54, 1.807) is 0 Å². The van der Waals surface area contributed by atoms with Gasteiger partial charge in [0.1, 0.15) is 0 Å². The predicted octanol–water partition coefficient (Wildman–Crippen LogP) is 2.91. The van der Waals surface area contributed by atoms with Gasteiger partial charge in [0.2, 0.25) is 5.91 Å². The quantitative estimate of drug-likeness (QED) is 0.890. The molecule has 3 amide bonds. The number of ether oxygens (including phenoxy) is 1. The Kier molecular flexibility index (Phi) is 6.20. The molecule has 3 unspecified atom stereocenters. The first-order valence-electron chi connectivity index (χ1n) is 8.47. The number of carbonyl (C=O) groups excluding carboxylic acids is 2. The van der Waals surface area contributed by atoms with Crippen LogP contribution in [-0.4, -0.2) is 42.1 Å². The molecule has 0 radical (unpaired) electrons. The Bertz CT molecular complexity index is 591. The van der Waals surface area contributed by atoms with Crippen molar-refractivity contribution in [2.75, 3.05) is 18.4 Å². The third-order valence-corrected chi connectivity index (χ3v) is 4.12. The summed E-state index contributed by atoms with van der Waals surface area (Å²) in [7, 11) is 0. The Hall–Kier alpha value is -2.08. The molecule has 1 aromatic rings. The van der Waals surface area contributed by atoms with E-state index in [0.717, 1.165) is 17.7 Å². The molecule has 1 heterocycles. The molecule has 6 heteroatoms. The molecule has 0 aromatic heterocycles. The van der Waals surface area contributed by atoms with Crippen molar-refractivity contribution in [3.8, 4) is 0 Å². The standard InChI is InChI=1S/C18H27N3O3/c1-5-17-11-21(10-12(2)24-17)18(23)19-13(3)15-7-6-8-16(9-15)20-14(4)22/h6-9,12-13,17H,5,10-11H2,1-4H3,(H,19,23)(H,20,22). The monoisotopic (exact) mass is 333 g/mol. The normalized spacial score (nSPS) is 21.9. The highest BCUT2D eigenvalue weighted by Crippen LogP contribution is 2.19. The second-order valence-electron chi connectivity index (χ2n) is 6.36. The molecule has 1 fully saturated rings. The highest BCUT2D eigenvalue weighted by Gasteiger charge is 2.28. The summed E-state index contributed by atoms with van der Waals surface area (Å²) in [6.45, 7) is 8.68. The van der Waals surface area contributed by atoms with Crippen LogP contribution in [0.25, 0.3) is 0 Å². The third kappa shape index (κ3) is 4.96. The van der Waals surface area contributed by atoms with Gasteiger partial charge in [-0.15, -0.1) is 0 Å². The molecule has 0 saturated carbocycles. The lowest BCUT2D eigenvalue weighted by molar-refractivity contribution is -0.114.